The Kier molecular flexibility index (Phi) is 20.8. The highest BCUT2D eigenvalue weighted by Crippen LogP contribution is 2.38. The number of ether oxygens (including phenoxy) is 13. The third-order valence-electron chi connectivity index (χ3n) is 14.3. The molecule has 0 aromatic heterocycles. The zero-order chi connectivity index (χ0) is 50.8. The highest BCUT2D eigenvalue weighted by molar-refractivity contribution is 4.99. The van der Waals surface area contributed by atoms with Gasteiger partial charge in [0.25, 0.3) is 0 Å². The van der Waals surface area contributed by atoms with E-state index in [1.807, 2.05) is 6.92 Å². The molecule has 0 radical (unpaired) electrons. The molecule has 404 valence electrons. The maximum atomic E-state index is 11.5. The summed E-state index contributed by atoms with van der Waals surface area (Å²) in [6.07, 6.45) is -39.2. The minimum absolute atomic E-state index is 0.108. The van der Waals surface area contributed by atoms with Gasteiger partial charge in [0, 0.05) is 20.1 Å². The fraction of sp³-hybridized carbons (Fsp3) is 1.00. The van der Waals surface area contributed by atoms with Crippen LogP contribution in [0.5, 0.6) is 0 Å². The summed E-state index contributed by atoms with van der Waals surface area (Å²) in [5.74, 6) is -0.389. The molecule has 6 fully saturated rings. The van der Waals surface area contributed by atoms with Crippen LogP contribution < -0.4 is 0 Å². The summed E-state index contributed by atoms with van der Waals surface area (Å²) < 4.78 is 76.5. The Bertz CT molecular complexity index is 1530. The van der Waals surface area contributed by atoms with Crippen LogP contribution in [0.1, 0.15) is 73.6 Å². The molecule has 0 amide bonds. The highest BCUT2D eigenvalue weighted by Gasteiger charge is 2.56. The van der Waals surface area contributed by atoms with Crippen molar-refractivity contribution in [1.29, 1.82) is 0 Å². The molecule has 6 aliphatic heterocycles. The first kappa shape index (κ1) is 57.3. The van der Waals surface area contributed by atoms with Crippen LogP contribution in [0.15, 0.2) is 0 Å². The second-order valence-electron chi connectivity index (χ2n) is 18.7. The molecule has 30 unspecified atom stereocenters. The van der Waals surface area contributed by atoms with Crippen LogP contribution in [-0.4, -0.2) is 260 Å². The van der Waals surface area contributed by atoms with Gasteiger partial charge in [-0.1, -0.05) is 41.5 Å². The maximum absolute atomic E-state index is 11.5. The minimum atomic E-state index is -1.92. The Morgan fingerprint density at radius 3 is 0.971 bits per heavy atom. The minimum Gasteiger partial charge on any atom is -0.388 e. The van der Waals surface area contributed by atoms with Crippen LogP contribution in [0.2, 0.25) is 0 Å². The lowest BCUT2D eigenvalue weighted by Crippen LogP contribution is -2.67. The molecule has 6 heterocycles. The molecule has 0 aliphatic carbocycles. The fourth-order valence-corrected chi connectivity index (χ4v) is 10.1. The van der Waals surface area contributed by atoms with Gasteiger partial charge in [0.15, 0.2) is 37.7 Å². The third-order valence-corrected chi connectivity index (χ3v) is 14.3. The van der Waals surface area contributed by atoms with Crippen LogP contribution in [0.3, 0.4) is 0 Å². The van der Waals surface area contributed by atoms with E-state index in [0.29, 0.717) is 6.42 Å². The summed E-state index contributed by atoms with van der Waals surface area (Å²) in [5, 5.41) is 133. The molecule has 25 heteroatoms. The summed E-state index contributed by atoms with van der Waals surface area (Å²) >= 11 is 0. The number of hydrogen-bond donors (Lipinski definition) is 12. The van der Waals surface area contributed by atoms with E-state index >= 15 is 0 Å². The molecule has 6 aliphatic rings. The van der Waals surface area contributed by atoms with Crippen molar-refractivity contribution in [2.24, 2.45) is 5.92 Å². The largest absolute Gasteiger partial charge is 0.388 e. The van der Waals surface area contributed by atoms with E-state index in [9.17, 15) is 61.3 Å². The van der Waals surface area contributed by atoms with E-state index < -0.39 is 185 Å². The van der Waals surface area contributed by atoms with E-state index in [-0.39, 0.29) is 31.6 Å². The molecule has 30 atom stereocenters. The third kappa shape index (κ3) is 11.9. The molecule has 69 heavy (non-hydrogen) atoms. The fourth-order valence-electron chi connectivity index (χ4n) is 10.1. The number of methoxy groups -OCH3 is 2. The van der Waals surface area contributed by atoms with Crippen molar-refractivity contribution < 1.29 is 123 Å². The molecule has 0 saturated carbocycles. The Morgan fingerprint density at radius 1 is 0.304 bits per heavy atom. The van der Waals surface area contributed by atoms with Gasteiger partial charge in [-0.25, -0.2) is 0 Å². The Morgan fingerprint density at radius 2 is 0.609 bits per heavy atom. The van der Waals surface area contributed by atoms with Crippen LogP contribution in [0, 0.1) is 5.92 Å². The SMILES string of the molecule is CCC1OC(OCC2OC(OC)C(O)C(O)C2OC2OC(CC)C(OC3OC(CC)C(OC4OC(CC)C(OC5OC(CC)C(OC)C(C)C5O)C(O)C4O)C(O)C3O)C(O)C2O)C(O)C(O)C1O. The second-order valence-corrected chi connectivity index (χ2v) is 18.7. The Hall–Kier alpha value is -1.00. The van der Waals surface area contributed by atoms with Gasteiger partial charge in [-0.2, -0.15) is 0 Å². The standard InChI is InChI=1S/C44H78O25/c1-9-16-23(46)24(47)29(52)40(60-16)59-14-21-38(25(48)30(53)39(58-8)65-21)69-44-33(56)28(51)37(20(13-5)64-44)68-43-32(55)27(50)36(19(12-4)63-43)67-42-31(54)26(49)35(18(11-3)62-42)66-41-22(45)15(6)34(57-7)17(10-2)61-41/h15-56H,9-14H2,1-8H3. The summed E-state index contributed by atoms with van der Waals surface area (Å²) in [6.45, 7) is 9.97. The van der Waals surface area contributed by atoms with E-state index in [1.54, 1.807) is 34.6 Å². The van der Waals surface area contributed by atoms with Crippen LogP contribution in [-0.2, 0) is 61.6 Å². The first-order chi connectivity index (χ1) is 32.8. The summed E-state index contributed by atoms with van der Waals surface area (Å²) in [6, 6.07) is 0. The zero-order valence-electron chi connectivity index (χ0n) is 40.2. The number of aliphatic hydroxyl groups excluding tert-OH is 12. The normalized spacial score (nSPS) is 52.2. The van der Waals surface area contributed by atoms with E-state index in [2.05, 4.69) is 0 Å². The molecule has 6 rings (SSSR count). The van der Waals surface area contributed by atoms with Crippen molar-refractivity contribution in [3.63, 3.8) is 0 Å². The summed E-state index contributed by atoms with van der Waals surface area (Å²) in [5.41, 5.74) is 0. The van der Waals surface area contributed by atoms with Gasteiger partial charge in [0.05, 0.1) is 43.2 Å². The average molecular weight is 1010 g/mol. The van der Waals surface area contributed by atoms with Gasteiger partial charge in [0.1, 0.15) is 104 Å². The first-order valence-corrected chi connectivity index (χ1v) is 24.2. The van der Waals surface area contributed by atoms with Gasteiger partial charge >= 0.3 is 0 Å². The predicted octanol–water partition coefficient (Wildman–Crippen LogP) is -4.43. The molecule has 0 spiro atoms. The van der Waals surface area contributed by atoms with Gasteiger partial charge in [-0.15, -0.1) is 0 Å². The lowest BCUT2D eigenvalue weighted by Gasteiger charge is -2.50. The zero-order valence-corrected chi connectivity index (χ0v) is 40.2. The lowest BCUT2D eigenvalue weighted by atomic mass is 9.89. The molecule has 0 aromatic carbocycles. The van der Waals surface area contributed by atoms with Gasteiger partial charge < -0.3 is 123 Å². The smallest absolute Gasteiger partial charge is 0.187 e. The molecular weight excluding hydrogens is 928 g/mol. The quantitative estimate of drug-likeness (QED) is 0.0616. The Balaban J connectivity index is 1.09. The number of aliphatic hydroxyl groups is 12. The van der Waals surface area contributed by atoms with Crippen LogP contribution in [0.25, 0.3) is 0 Å². The van der Waals surface area contributed by atoms with Gasteiger partial charge in [-0.05, 0) is 32.1 Å². The summed E-state index contributed by atoms with van der Waals surface area (Å²) in [7, 11) is 2.74. The molecule has 25 nitrogen and oxygen atoms in total. The topological polar surface area (TPSA) is 363 Å². The molecule has 6 saturated heterocycles. The van der Waals surface area contributed by atoms with Gasteiger partial charge in [-0.3, -0.25) is 0 Å². The first-order valence-electron chi connectivity index (χ1n) is 24.2. The molecule has 0 aromatic rings. The van der Waals surface area contributed by atoms with Crippen molar-refractivity contribution in [3.8, 4) is 0 Å². The highest BCUT2D eigenvalue weighted by atomic mass is 16.8. The maximum Gasteiger partial charge on any atom is 0.187 e. The van der Waals surface area contributed by atoms with Crippen LogP contribution in [0.4, 0.5) is 0 Å². The molecule has 0 bridgehead atoms. The van der Waals surface area contributed by atoms with Crippen molar-refractivity contribution in [3.05, 3.63) is 0 Å². The molecule has 12 N–H and O–H groups in total. The van der Waals surface area contributed by atoms with Crippen LogP contribution >= 0.6 is 0 Å². The number of rotatable bonds is 18. The summed E-state index contributed by atoms with van der Waals surface area (Å²) in [4.78, 5) is 0. The monoisotopic (exact) mass is 1010 g/mol. The second kappa shape index (κ2) is 25.0. The Labute approximate surface area is 400 Å². The lowest BCUT2D eigenvalue weighted by molar-refractivity contribution is -0.391. The van der Waals surface area contributed by atoms with Crippen molar-refractivity contribution in [2.45, 2.75) is 252 Å². The molecular formula is C44H78O25. The number of hydrogen-bond acceptors (Lipinski definition) is 25. The average Bonchev–Trinajstić information content (AvgIpc) is 3.34. The van der Waals surface area contributed by atoms with Crippen molar-refractivity contribution in [1.82, 2.24) is 0 Å². The predicted molar refractivity (Wildman–Crippen MR) is 228 cm³/mol. The van der Waals surface area contributed by atoms with Crippen molar-refractivity contribution in [2.75, 3.05) is 20.8 Å². The van der Waals surface area contributed by atoms with Crippen molar-refractivity contribution >= 4 is 0 Å². The van der Waals surface area contributed by atoms with E-state index in [1.165, 1.54) is 14.2 Å². The van der Waals surface area contributed by atoms with E-state index in [0.717, 1.165) is 0 Å². The van der Waals surface area contributed by atoms with E-state index in [4.69, 9.17) is 61.6 Å². The van der Waals surface area contributed by atoms with Gasteiger partial charge in [0.2, 0.25) is 0 Å².